The number of aliphatic carboxylic acids is 1. The van der Waals surface area contributed by atoms with Crippen LogP contribution in [-0.2, 0) is 11.2 Å². The molecule has 1 N–H and O–H groups in total. The van der Waals surface area contributed by atoms with Crippen molar-refractivity contribution in [2.45, 2.75) is 32.1 Å². The van der Waals surface area contributed by atoms with Crippen molar-refractivity contribution in [1.82, 2.24) is 4.98 Å². The second kappa shape index (κ2) is 5.85. The molecule has 1 aromatic heterocycles. The standard InChI is InChI=1S/C16H17NO3S/c1-2-20-12-7-5-11(6-8-12)16-17-15(10-3-4-10)13(21-16)9-14(18)19/h5-8,10H,2-4,9H2,1H3,(H,18,19). The van der Waals surface area contributed by atoms with Crippen LogP contribution in [0.25, 0.3) is 10.6 Å². The van der Waals surface area contributed by atoms with E-state index in [-0.39, 0.29) is 6.42 Å². The lowest BCUT2D eigenvalue weighted by molar-refractivity contribution is -0.136. The van der Waals surface area contributed by atoms with Crippen molar-refractivity contribution >= 4 is 17.3 Å². The molecule has 0 unspecified atom stereocenters. The predicted octanol–water partition coefficient (Wildman–Crippen LogP) is 3.71. The van der Waals surface area contributed by atoms with E-state index >= 15 is 0 Å². The minimum Gasteiger partial charge on any atom is -0.494 e. The molecule has 0 saturated heterocycles. The molecule has 1 fully saturated rings. The molecule has 0 amide bonds. The summed E-state index contributed by atoms with van der Waals surface area (Å²) in [5, 5.41) is 9.93. The maximum absolute atomic E-state index is 11.0. The molecule has 5 heteroatoms. The first-order valence-electron chi connectivity index (χ1n) is 7.12. The molecule has 0 spiro atoms. The summed E-state index contributed by atoms with van der Waals surface area (Å²) in [5.74, 6) is 0.511. The Morgan fingerprint density at radius 1 is 1.38 bits per heavy atom. The van der Waals surface area contributed by atoms with E-state index < -0.39 is 5.97 Å². The summed E-state index contributed by atoms with van der Waals surface area (Å²) in [6.07, 6.45) is 2.32. The molecule has 1 heterocycles. The molecule has 0 radical (unpaired) electrons. The third-order valence-corrected chi connectivity index (χ3v) is 4.54. The molecule has 1 saturated carbocycles. The molecule has 1 aliphatic rings. The highest BCUT2D eigenvalue weighted by molar-refractivity contribution is 7.15. The third-order valence-electron chi connectivity index (χ3n) is 3.42. The molecule has 110 valence electrons. The van der Waals surface area contributed by atoms with Gasteiger partial charge in [0, 0.05) is 16.4 Å². The van der Waals surface area contributed by atoms with E-state index in [4.69, 9.17) is 9.84 Å². The Morgan fingerprint density at radius 3 is 2.67 bits per heavy atom. The molecule has 0 bridgehead atoms. The molecular weight excluding hydrogens is 286 g/mol. The number of aromatic nitrogens is 1. The second-order valence-corrected chi connectivity index (χ2v) is 6.21. The average Bonchev–Trinajstić information content (AvgIpc) is 3.22. The Morgan fingerprint density at radius 2 is 2.10 bits per heavy atom. The Kier molecular flexibility index (Phi) is 3.92. The predicted molar refractivity (Wildman–Crippen MR) is 82.0 cm³/mol. The number of thiazole rings is 1. The zero-order valence-corrected chi connectivity index (χ0v) is 12.7. The molecule has 4 nitrogen and oxygen atoms in total. The summed E-state index contributed by atoms with van der Waals surface area (Å²) >= 11 is 1.50. The maximum Gasteiger partial charge on any atom is 0.308 e. The lowest BCUT2D eigenvalue weighted by Crippen LogP contribution is -2.00. The third kappa shape index (κ3) is 3.24. The number of benzene rings is 1. The summed E-state index contributed by atoms with van der Waals surface area (Å²) in [4.78, 5) is 16.6. The van der Waals surface area contributed by atoms with Crippen molar-refractivity contribution in [3.05, 3.63) is 34.8 Å². The lowest BCUT2D eigenvalue weighted by Gasteiger charge is -2.02. The zero-order chi connectivity index (χ0) is 14.8. The Bertz CT molecular complexity index is 644. The van der Waals surface area contributed by atoms with Gasteiger partial charge in [0.15, 0.2) is 0 Å². The van der Waals surface area contributed by atoms with E-state index in [0.717, 1.165) is 39.7 Å². The number of hydrogen-bond acceptors (Lipinski definition) is 4. The number of hydrogen-bond donors (Lipinski definition) is 1. The SMILES string of the molecule is CCOc1ccc(-c2nc(C3CC3)c(CC(=O)O)s2)cc1. The van der Waals surface area contributed by atoms with E-state index in [0.29, 0.717) is 12.5 Å². The summed E-state index contributed by atoms with van der Waals surface area (Å²) in [7, 11) is 0. The fraction of sp³-hybridized carbons (Fsp3) is 0.375. The largest absolute Gasteiger partial charge is 0.494 e. The highest BCUT2D eigenvalue weighted by Gasteiger charge is 2.30. The lowest BCUT2D eigenvalue weighted by atomic mass is 10.2. The summed E-state index contributed by atoms with van der Waals surface area (Å²) in [6.45, 7) is 2.60. The molecule has 0 atom stereocenters. The van der Waals surface area contributed by atoms with Crippen LogP contribution in [0.3, 0.4) is 0 Å². The van der Waals surface area contributed by atoms with Crippen LogP contribution in [0.1, 0.15) is 36.3 Å². The molecule has 3 rings (SSSR count). The number of rotatable bonds is 6. The fourth-order valence-corrected chi connectivity index (χ4v) is 3.43. The van der Waals surface area contributed by atoms with Gasteiger partial charge < -0.3 is 9.84 Å². The quantitative estimate of drug-likeness (QED) is 0.883. The Hall–Kier alpha value is -1.88. The van der Waals surface area contributed by atoms with E-state index in [1.165, 1.54) is 11.3 Å². The molecule has 0 aliphatic heterocycles. The first-order chi connectivity index (χ1) is 10.2. The smallest absolute Gasteiger partial charge is 0.308 e. The van der Waals surface area contributed by atoms with E-state index in [2.05, 4.69) is 4.98 Å². The average molecular weight is 303 g/mol. The van der Waals surface area contributed by atoms with Crippen molar-refractivity contribution in [1.29, 1.82) is 0 Å². The number of ether oxygens (including phenoxy) is 1. The normalized spacial score (nSPS) is 14.1. The highest BCUT2D eigenvalue weighted by atomic mass is 32.1. The number of carbonyl (C=O) groups is 1. The Balaban J connectivity index is 1.89. The van der Waals surface area contributed by atoms with Gasteiger partial charge in [0.05, 0.1) is 18.7 Å². The molecule has 2 aromatic rings. The van der Waals surface area contributed by atoms with Crippen LogP contribution in [0.5, 0.6) is 5.75 Å². The van der Waals surface area contributed by atoms with Crippen LogP contribution < -0.4 is 4.74 Å². The summed E-state index contributed by atoms with van der Waals surface area (Å²) in [6, 6.07) is 7.80. The second-order valence-electron chi connectivity index (χ2n) is 5.13. The molecule has 21 heavy (non-hydrogen) atoms. The van der Waals surface area contributed by atoms with Gasteiger partial charge in [0.1, 0.15) is 10.8 Å². The Labute approximate surface area is 127 Å². The molecular formula is C16H17NO3S. The number of carboxylic acid groups (broad SMARTS) is 1. The van der Waals surface area contributed by atoms with Crippen molar-refractivity contribution in [3.63, 3.8) is 0 Å². The maximum atomic E-state index is 11.0. The monoisotopic (exact) mass is 303 g/mol. The van der Waals surface area contributed by atoms with Crippen LogP contribution in [0.15, 0.2) is 24.3 Å². The van der Waals surface area contributed by atoms with Gasteiger partial charge in [-0.3, -0.25) is 4.79 Å². The van der Waals surface area contributed by atoms with Gasteiger partial charge in [-0.15, -0.1) is 11.3 Å². The minimum atomic E-state index is -0.793. The van der Waals surface area contributed by atoms with Gasteiger partial charge in [-0.2, -0.15) is 0 Å². The first-order valence-corrected chi connectivity index (χ1v) is 7.93. The first kappa shape index (κ1) is 14.1. The van der Waals surface area contributed by atoms with Gasteiger partial charge in [-0.1, -0.05) is 0 Å². The summed E-state index contributed by atoms with van der Waals surface area (Å²) in [5.41, 5.74) is 2.01. The van der Waals surface area contributed by atoms with Gasteiger partial charge >= 0.3 is 5.97 Å². The summed E-state index contributed by atoms with van der Waals surface area (Å²) < 4.78 is 5.43. The number of nitrogens with zero attached hydrogens (tertiary/aromatic N) is 1. The highest BCUT2D eigenvalue weighted by Crippen LogP contribution is 2.44. The van der Waals surface area contributed by atoms with Gasteiger partial charge in [0.25, 0.3) is 0 Å². The van der Waals surface area contributed by atoms with E-state index in [1.807, 2.05) is 31.2 Å². The minimum absolute atomic E-state index is 0.0700. The van der Waals surface area contributed by atoms with Gasteiger partial charge in [-0.05, 0) is 44.0 Å². The van der Waals surface area contributed by atoms with Crippen molar-refractivity contribution < 1.29 is 14.6 Å². The van der Waals surface area contributed by atoms with E-state index in [9.17, 15) is 4.79 Å². The fourth-order valence-electron chi connectivity index (χ4n) is 2.29. The van der Waals surface area contributed by atoms with E-state index in [1.54, 1.807) is 0 Å². The van der Waals surface area contributed by atoms with Crippen molar-refractivity contribution in [2.75, 3.05) is 6.61 Å². The molecule has 1 aromatic carbocycles. The zero-order valence-electron chi connectivity index (χ0n) is 11.8. The number of carboxylic acids is 1. The van der Waals surface area contributed by atoms with Crippen LogP contribution in [0, 0.1) is 0 Å². The van der Waals surface area contributed by atoms with Crippen LogP contribution in [0.4, 0.5) is 0 Å². The van der Waals surface area contributed by atoms with Gasteiger partial charge in [0.2, 0.25) is 0 Å². The van der Waals surface area contributed by atoms with Crippen molar-refractivity contribution in [2.24, 2.45) is 0 Å². The van der Waals surface area contributed by atoms with Crippen LogP contribution >= 0.6 is 11.3 Å². The van der Waals surface area contributed by atoms with Gasteiger partial charge in [-0.25, -0.2) is 4.98 Å². The van der Waals surface area contributed by atoms with Crippen LogP contribution in [-0.4, -0.2) is 22.7 Å². The van der Waals surface area contributed by atoms with Crippen LogP contribution in [0.2, 0.25) is 0 Å². The van der Waals surface area contributed by atoms with Crippen molar-refractivity contribution in [3.8, 4) is 16.3 Å². The topological polar surface area (TPSA) is 59.4 Å². The molecule has 1 aliphatic carbocycles.